The lowest BCUT2D eigenvalue weighted by molar-refractivity contribution is 0.0945. The number of likely N-dealkylation sites (N-methyl/N-ethyl adjacent to an activating group) is 1. The van der Waals surface area contributed by atoms with Crippen molar-refractivity contribution >= 4 is 5.91 Å². The Morgan fingerprint density at radius 3 is 2.30 bits per heavy atom. The van der Waals surface area contributed by atoms with Crippen molar-refractivity contribution in [2.75, 3.05) is 32.7 Å². The molecule has 1 aromatic heterocycles. The molecule has 4 rings (SSSR count). The van der Waals surface area contributed by atoms with E-state index in [2.05, 4.69) is 45.3 Å². The molecule has 0 spiro atoms. The van der Waals surface area contributed by atoms with Gasteiger partial charge in [-0.1, -0.05) is 49.4 Å². The molecule has 1 fully saturated rings. The molecular weight excluding hydrogens is 374 g/mol. The van der Waals surface area contributed by atoms with Gasteiger partial charge in [0.1, 0.15) is 0 Å². The number of hydrogen-bond donors (Lipinski definition) is 1. The molecule has 1 saturated heterocycles. The molecule has 156 valence electrons. The molecule has 0 unspecified atom stereocenters. The smallest absolute Gasteiger partial charge is 0.272 e. The van der Waals surface area contributed by atoms with Crippen molar-refractivity contribution in [3.8, 4) is 5.69 Å². The van der Waals surface area contributed by atoms with Gasteiger partial charge in [-0.15, -0.1) is 0 Å². The van der Waals surface area contributed by atoms with Crippen molar-refractivity contribution in [3.63, 3.8) is 0 Å². The quantitative estimate of drug-likeness (QED) is 0.659. The minimum absolute atomic E-state index is 0.156. The van der Waals surface area contributed by atoms with Gasteiger partial charge in [-0.3, -0.25) is 9.69 Å². The zero-order valence-corrected chi connectivity index (χ0v) is 17.5. The van der Waals surface area contributed by atoms with Crippen LogP contribution < -0.4 is 5.32 Å². The molecule has 6 heteroatoms. The fraction of sp³-hybridized carbons (Fsp3) is 0.333. The number of nitrogens with zero attached hydrogens (tertiary/aromatic N) is 4. The Balaban J connectivity index is 1.36. The van der Waals surface area contributed by atoms with E-state index in [4.69, 9.17) is 0 Å². The van der Waals surface area contributed by atoms with Gasteiger partial charge >= 0.3 is 0 Å². The van der Waals surface area contributed by atoms with Crippen LogP contribution in [0, 0.1) is 0 Å². The number of piperazine rings is 1. The van der Waals surface area contributed by atoms with Gasteiger partial charge in [0, 0.05) is 45.5 Å². The lowest BCUT2D eigenvalue weighted by Crippen LogP contribution is -2.45. The van der Waals surface area contributed by atoms with Crippen LogP contribution in [-0.4, -0.2) is 58.2 Å². The Morgan fingerprint density at radius 1 is 0.900 bits per heavy atom. The second-order valence-corrected chi connectivity index (χ2v) is 7.64. The third kappa shape index (κ3) is 4.96. The Labute approximate surface area is 178 Å². The third-order valence-electron chi connectivity index (χ3n) is 5.71. The number of carbonyl (C=O) groups is 1. The minimum Gasteiger partial charge on any atom is -0.347 e. The Hall–Kier alpha value is -2.96. The van der Waals surface area contributed by atoms with Crippen LogP contribution in [0.1, 0.15) is 28.5 Å². The van der Waals surface area contributed by atoms with Crippen molar-refractivity contribution in [1.82, 2.24) is 24.9 Å². The van der Waals surface area contributed by atoms with Crippen LogP contribution in [0.5, 0.6) is 0 Å². The predicted octanol–water partition coefficient (Wildman–Crippen LogP) is 2.94. The van der Waals surface area contributed by atoms with E-state index in [0.29, 0.717) is 12.2 Å². The summed E-state index contributed by atoms with van der Waals surface area (Å²) in [5.74, 6) is -0.156. The zero-order valence-electron chi connectivity index (χ0n) is 17.5. The molecule has 6 nitrogen and oxygen atoms in total. The van der Waals surface area contributed by atoms with Crippen molar-refractivity contribution in [3.05, 3.63) is 83.7 Å². The van der Waals surface area contributed by atoms with Gasteiger partial charge in [0.25, 0.3) is 5.91 Å². The van der Waals surface area contributed by atoms with Crippen LogP contribution in [0.4, 0.5) is 0 Å². The summed E-state index contributed by atoms with van der Waals surface area (Å²) in [6.07, 6.45) is 1.81. The van der Waals surface area contributed by atoms with Crippen LogP contribution in [0.15, 0.2) is 66.9 Å². The Bertz CT molecular complexity index is 960. The molecule has 2 heterocycles. The standard InChI is InChI=1S/C24H29N5O/c1-2-27-14-16-28(17-15-27)19-21-9-7-6-8-20(21)18-25-24(30)23-12-13-29(26-23)22-10-4-3-5-11-22/h3-13H,2,14-19H2,1H3,(H,25,30). The minimum atomic E-state index is -0.156. The highest BCUT2D eigenvalue weighted by Crippen LogP contribution is 2.14. The van der Waals surface area contributed by atoms with E-state index in [9.17, 15) is 4.79 Å². The average Bonchev–Trinajstić information content (AvgIpc) is 3.30. The monoisotopic (exact) mass is 403 g/mol. The topological polar surface area (TPSA) is 53.4 Å². The number of amides is 1. The van der Waals surface area contributed by atoms with E-state index < -0.39 is 0 Å². The van der Waals surface area contributed by atoms with Crippen molar-refractivity contribution in [1.29, 1.82) is 0 Å². The van der Waals surface area contributed by atoms with Crippen molar-refractivity contribution in [2.24, 2.45) is 0 Å². The molecule has 0 atom stereocenters. The van der Waals surface area contributed by atoms with Crippen LogP contribution in [0.2, 0.25) is 0 Å². The molecule has 3 aromatic rings. The number of rotatable bonds is 7. The fourth-order valence-electron chi connectivity index (χ4n) is 3.82. The predicted molar refractivity (Wildman–Crippen MR) is 119 cm³/mol. The summed E-state index contributed by atoms with van der Waals surface area (Å²) in [4.78, 5) is 17.6. The van der Waals surface area contributed by atoms with E-state index in [0.717, 1.165) is 50.5 Å². The maximum atomic E-state index is 12.6. The second kappa shape index (κ2) is 9.69. The summed E-state index contributed by atoms with van der Waals surface area (Å²) in [7, 11) is 0. The van der Waals surface area contributed by atoms with E-state index in [-0.39, 0.29) is 5.91 Å². The molecule has 0 bridgehead atoms. The molecule has 2 aromatic carbocycles. The molecular formula is C24H29N5O. The first-order valence-electron chi connectivity index (χ1n) is 10.6. The van der Waals surface area contributed by atoms with Gasteiger partial charge in [-0.2, -0.15) is 5.10 Å². The number of benzene rings is 2. The van der Waals surface area contributed by atoms with E-state index in [1.165, 1.54) is 5.56 Å². The number of aromatic nitrogens is 2. The van der Waals surface area contributed by atoms with Gasteiger partial charge in [-0.25, -0.2) is 4.68 Å². The number of hydrogen-bond acceptors (Lipinski definition) is 4. The molecule has 0 aliphatic carbocycles. The third-order valence-corrected chi connectivity index (χ3v) is 5.71. The largest absolute Gasteiger partial charge is 0.347 e. The normalized spacial score (nSPS) is 15.2. The van der Waals surface area contributed by atoms with Gasteiger partial charge in [0.15, 0.2) is 5.69 Å². The first-order chi connectivity index (χ1) is 14.7. The molecule has 1 aliphatic heterocycles. The zero-order chi connectivity index (χ0) is 20.8. The average molecular weight is 404 g/mol. The SMILES string of the molecule is CCN1CCN(Cc2ccccc2CNC(=O)c2ccn(-c3ccccc3)n2)CC1. The summed E-state index contributed by atoms with van der Waals surface area (Å²) in [6, 6.07) is 19.9. The van der Waals surface area contributed by atoms with Gasteiger partial charge in [-0.05, 0) is 35.9 Å². The highest BCUT2D eigenvalue weighted by Gasteiger charge is 2.17. The maximum Gasteiger partial charge on any atom is 0.272 e. The number of nitrogens with one attached hydrogen (secondary N) is 1. The van der Waals surface area contributed by atoms with Gasteiger partial charge in [0.2, 0.25) is 0 Å². The summed E-state index contributed by atoms with van der Waals surface area (Å²) < 4.78 is 1.72. The summed E-state index contributed by atoms with van der Waals surface area (Å²) >= 11 is 0. The Kier molecular flexibility index (Phi) is 6.57. The first kappa shape index (κ1) is 20.3. The van der Waals surface area contributed by atoms with Crippen LogP contribution in [0.3, 0.4) is 0 Å². The molecule has 1 aliphatic rings. The first-order valence-corrected chi connectivity index (χ1v) is 10.6. The van der Waals surface area contributed by atoms with Crippen molar-refractivity contribution < 1.29 is 4.79 Å². The van der Waals surface area contributed by atoms with E-state index in [1.807, 2.05) is 42.6 Å². The van der Waals surface area contributed by atoms with Crippen LogP contribution in [-0.2, 0) is 13.1 Å². The highest BCUT2D eigenvalue weighted by atomic mass is 16.1. The molecule has 0 radical (unpaired) electrons. The van der Waals surface area contributed by atoms with Crippen LogP contribution >= 0.6 is 0 Å². The lowest BCUT2D eigenvalue weighted by atomic mass is 10.1. The van der Waals surface area contributed by atoms with E-state index in [1.54, 1.807) is 10.7 Å². The summed E-state index contributed by atoms with van der Waals surface area (Å²) in [5, 5.41) is 7.45. The van der Waals surface area contributed by atoms with Crippen LogP contribution in [0.25, 0.3) is 5.69 Å². The molecule has 1 amide bonds. The van der Waals surface area contributed by atoms with E-state index >= 15 is 0 Å². The number of para-hydroxylation sites is 1. The van der Waals surface area contributed by atoms with Gasteiger partial charge < -0.3 is 10.2 Å². The molecule has 1 N–H and O–H groups in total. The second-order valence-electron chi connectivity index (χ2n) is 7.64. The van der Waals surface area contributed by atoms with Crippen molar-refractivity contribution in [2.45, 2.75) is 20.0 Å². The maximum absolute atomic E-state index is 12.6. The molecule has 0 saturated carbocycles. The highest BCUT2D eigenvalue weighted by molar-refractivity contribution is 5.92. The summed E-state index contributed by atoms with van der Waals surface area (Å²) in [5.41, 5.74) is 3.79. The Morgan fingerprint density at radius 2 is 1.57 bits per heavy atom. The molecule has 30 heavy (non-hydrogen) atoms. The fourth-order valence-corrected chi connectivity index (χ4v) is 3.82. The summed E-state index contributed by atoms with van der Waals surface area (Å²) in [6.45, 7) is 9.19. The number of carbonyl (C=O) groups excluding carboxylic acids is 1. The lowest BCUT2D eigenvalue weighted by Gasteiger charge is -2.34. The van der Waals surface area contributed by atoms with Gasteiger partial charge in [0.05, 0.1) is 5.69 Å².